The molecule has 1 saturated heterocycles. The van der Waals surface area contributed by atoms with Gasteiger partial charge in [0, 0.05) is 29.7 Å². The molecule has 2 heterocycles. The van der Waals surface area contributed by atoms with Gasteiger partial charge >= 0.3 is 0 Å². The van der Waals surface area contributed by atoms with Gasteiger partial charge in [-0.2, -0.15) is 0 Å². The first-order chi connectivity index (χ1) is 14.6. The van der Waals surface area contributed by atoms with Crippen molar-refractivity contribution < 1.29 is 4.79 Å². The van der Waals surface area contributed by atoms with Gasteiger partial charge in [0.25, 0.3) is 0 Å². The molecular weight excluding hydrogens is 419 g/mol. The summed E-state index contributed by atoms with van der Waals surface area (Å²) in [5, 5.41) is 1.25. The fourth-order valence-corrected chi connectivity index (χ4v) is 3.68. The summed E-state index contributed by atoms with van der Waals surface area (Å²) in [6.45, 7) is 11.0. The van der Waals surface area contributed by atoms with Crippen molar-refractivity contribution in [3.05, 3.63) is 63.9 Å². The number of hydrogen-bond donors (Lipinski definition) is 1. The zero-order valence-corrected chi connectivity index (χ0v) is 19.6. The van der Waals surface area contributed by atoms with Crippen LogP contribution in [-0.4, -0.2) is 45.3 Å². The molecular formula is C23H30Cl2N4O. The van der Waals surface area contributed by atoms with Gasteiger partial charge in [0.1, 0.15) is 5.82 Å². The van der Waals surface area contributed by atoms with E-state index in [-0.39, 0.29) is 5.91 Å². The second-order valence-corrected chi connectivity index (χ2v) is 7.31. The Bertz CT molecular complexity index is 924. The third kappa shape index (κ3) is 6.21. The third-order valence-corrected chi connectivity index (χ3v) is 5.17. The standard InChI is InChI=1S/C19H18Cl2N4O.2C2H6/c20-14-6-5-13(15(21)9-14)10-24-7-8-25(19(26)12-24)11-18-22-16-3-1-2-4-17(16)23-18;2*1-2/h1-6,9H,7-8,10-12H2,(H,22,23);2*1-2H3. The summed E-state index contributed by atoms with van der Waals surface area (Å²) >= 11 is 12.2. The third-order valence-electron chi connectivity index (χ3n) is 4.59. The first kappa shape index (κ1) is 24.2. The number of carbonyl (C=O) groups is 1. The molecule has 162 valence electrons. The molecule has 1 amide bonds. The van der Waals surface area contributed by atoms with Gasteiger partial charge in [-0.05, 0) is 29.8 Å². The molecule has 30 heavy (non-hydrogen) atoms. The number of fused-ring (bicyclic) bond motifs is 1. The monoisotopic (exact) mass is 448 g/mol. The van der Waals surface area contributed by atoms with Crippen LogP contribution >= 0.6 is 23.2 Å². The molecule has 0 aliphatic carbocycles. The quantitative estimate of drug-likeness (QED) is 0.551. The topological polar surface area (TPSA) is 52.2 Å². The number of amides is 1. The van der Waals surface area contributed by atoms with E-state index < -0.39 is 0 Å². The minimum atomic E-state index is 0.0989. The Morgan fingerprint density at radius 1 is 1.00 bits per heavy atom. The van der Waals surface area contributed by atoms with Crippen LogP contribution in [0, 0.1) is 0 Å². The first-order valence-corrected chi connectivity index (χ1v) is 11.2. The molecule has 4 rings (SSSR count). The van der Waals surface area contributed by atoms with Crippen LogP contribution in [0.25, 0.3) is 11.0 Å². The van der Waals surface area contributed by atoms with E-state index in [1.54, 1.807) is 6.07 Å². The number of H-pyrrole nitrogens is 1. The molecule has 1 aliphatic rings. The van der Waals surface area contributed by atoms with E-state index >= 15 is 0 Å². The van der Waals surface area contributed by atoms with Gasteiger partial charge in [0.2, 0.25) is 5.91 Å². The highest BCUT2D eigenvalue weighted by Gasteiger charge is 2.25. The second-order valence-electron chi connectivity index (χ2n) is 6.46. The summed E-state index contributed by atoms with van der Waals surface area (Å²) < 4.78 is 0. The van der Waals surface area contributed by atoms with Crippen molar-refractivity contribution in [1.82, 2.24) is 19.8 Å². The van der Waals surface area contributed by atoms with Crippen molar-refractivity contribution >= 4 is 40.1 Å². The average molecular weight is 449 g/mol. The number of aromatic nitrogens is 2. The number of aromatic amines is 1. The Hall–Kier alpha value is -2.08. The van der Waals surface area contributed by atoms with E-state index in [0.29, 0.717) is 36.2 Å². The van der Waals surface area contributed by atoms with Crippen LogP contribution in [0.1, 0.15) is 39.1 Å². The van der Waals surface area contributed by atoms with Crippen molar-refractivity contribution in [1.29, 1.82) is 0 Å². The number of imidazole rings is 1. The van der Waals surface area contributed by atoms with Crippen molar-refractivity contribution in [2.45, 2.75) is 40.8 Å². The molecule has 1 aliphatic heterocycles. The lowest BCUT2D eigenvalue weighted by Crippen LogP contribution is -2.49. The van der Waals surface area contributed by atoms with Crippen LogP contribution < -0.4 is 0 Å². The van der Waals surface area contributed by atoms with Gasteiger partial charge in [0.15, 0.2) is 0 Å². The first-order valence-electron chi connectivity index (χ1n) is 10.5. The number of carbonyl (C=O) groups excluding carboxylic acids is 1. The normalized spacial score (nSPS) is 14.1. The van der Waals surface area contributed by atoms with Crippen molar-refractivity contribution in [3.8, 4) is 0 Å². The molecule has 0 atom stereocenters. The molecule has 3 aromatic rings. The van der Waals surface area contributed by atoms with Crippen LogP contribution in [0.4, 0.5) is 0 Å². The maximum atomic E-state index is 12.5. The lowest BCUT2D eigenvalue weighted by atomic mass is 10.2. The average Bonchev–Trinajstić information content (AvgIpc) is 3.17. The minimum Gasteiger partial charge on any atom is -0.340 e. The molecule has 5 nitrogen and oxygen atoms in total. The Kier molecular flexibility index (Phi) is 9.63. The van der Waals surface area contributed by atoms with Crippen molar-refractivity contribution in [2.75, 3.05) is 19.6 Å². The number of nitrogens with zero attached hydrogens (tertiary/aromatic N) is 3. The molecule has 0 unspecified atom stereocenters. The lowest BCUT2D eigenvalue weighted by molar-refractivity contribution is -0.137. The molecule has 1 aromatic heterocycles. The largest absolute Gasteiger partial charge is 0.340 e. The fourth-order valence-electron chi connectivity index (χ4n) is 3.21. The summed E-state index contributed by atoms with van der Waals surface area (Å²) in [5.74, 6) is 0.913. The van der Waals surface area contributed by atoms with Crippen LogP contribution in [0.15, 0.2) is 42.5 Å². The van der Waals surface area contributed by atoms with E-state index in [0.717, 1.165) is 29.0 Å². The van der Waals surface area contributed by atoms with Gasteiger partial charge in [-0.15, -0.1) is 0 Å². The smallest absolute Gasteiger partial charge is 0.237 e. The van der Waals surface area contributed by atoms with Crippen LogP contribution in [0.2, 0.25) is 10.0 Å². The Labute approximate surface area is 189 Å². The number of benzene rings is 2. The molecule has 2 aromatic carbocycles. The van der Waals surface area contributed by atoms with E-state index in [1.165, 1.54) is 0 Å². The molecule has 1 N–H and O–H groups in total. The summed E-state index contributed by atoms with van der Waals surface area (Å²) in [7, 11) is 0. The molecule has 0 spiro atoms. The van der Waals surface area contributed by atoms with Crippen molar-refractivity contribution in [2.24, 2.45) is 0 Å². The fraction of sp³-hybridized carbons (Fsp3) is 0.391. The maximum Gasteiger partial charge on any atom is 0.237 e. The van der Waals surface area contributed by atoms with Gasteiger partial charge in [-0.1, -0.05) is 69.1 Å². The number of nitrogens with one attached hydrogen (secondary N) is 1. The predicted molar refractivity (Wildman–Crippen MR) is 126 cm³/mol. The maximum absolute atomic E-state index is 12.5. The Balaban J connectivity index is 0.000000757. The van der Waals surface area contributed by atoms with Crippen LogP contribution in [-0.2, 0) is 17.9 Å². The van der Waals surface area contributed by atoms with Crippen molar-refractivity contribution in [3.63, 3.8) is 0 Å². The molecule has 0 radical (unpaired) electrons. The summed E-state index contributed by atoms with van der Waals surface area (Å²) in [5.41, 5.74) is 2.89. The second kappa shape index (κ2) is 11.9. The summed E-state index contributed by atoms with van der Waals surface area (Å²) in [6, 6.07) is 13.3. The SMILES string of the molecule is CC.CC.O=C1CN(Cc2ccc(Cl)cc2Cl)CCN1Cc1nc2ccccc2[nH]1. The number of hydrogen-bond acceptors (Lipinski definition) is 3. The van der Waals surface area contributed by atoms with Gasteiger partial charge in [-0.25, -0.2) is 4.98 Å². The molecule has 0 bridgehead atoms. The lowest BCUT2D eigenvalue weighted by Gasteiger charge is -2.34. The predicted octanol–water partition coefficient (Wildman–Crippen LogP) is 5.77. The minimum absolute atomic E-state index is 0.0989. The zero-order valence-electron chi connectivity index (χ0n) is 18.1. The number of halogens is 2. The van der Waals surface area contributed by atoms with E-state index in [1.807, 2.05) is 69.0 Å². The molecule has 1 fully saturated rings. The number of piperazine rings is 1. The summed E-state index contributed by atoms with van der Waals surface area (Å²) in [6.07, 6.45) is 0. The van der Waals surface area contributed by atoms with Gasteiger partial charge in [-0.3, -0.25) is 9.69 Å². The Morgan fingerprint density at radius 2 is 1.73 bits per heavy atom. The highest BCUT2D eigenvalue weighted by molar-refractivity contribution is 6.35. The Morgan fingerprint density at radius 3 is 2.40 bits per heavy atom. The molecule has 0 saturated carbocycles. The van der Waals surface area contributed by atoms with Gasteiger partial charge < -0.3 is 9.88 Å². The summed E-state index contributed by atoms with van der Waals surface area (Å²) in [4.78, 5) is 24.3. The molecule has 7 heteroatoms. The van der Waals surface area contributed by atoms with Gasteiger partial charge in [0.05, 0.1) is 24.1 Å². The zero-order chi connectivity index (χ0) is 22.1. The van der Waals surface area contributed by atoms with Crippen LogP contribution in [0.3, 0.4) is 0 Å². The van der Waals surface area contributed by atoms with E-state index in [4.69, 9.17) is 23.2 Å². The van der Waals surface area contributed by atoms with Crippen LogP contribution in [0.5, 0.6) is 0 Å². The van der Waals surface area contributed by atoms with E-state index in [9.17, 15) is 4.79 Å². The number of rotatable bonds is 4. The highest BCUT2D eigenvalue weighted by Crippen LogP contribution is 2.23. The van der Waals surface area contributed by atoms with E-state index in [2.05, 4.69) is 14.9 Å². The number of para-hydroxylation sites is 2. The highest BCUT2D eigenvalue weighted by atomic mass is 35.5.